The van der Waals surface area contributed by atoms with Crippen molar-refractivity contribution in [1.82, 2.24) is 14.9 Å². The predicted molar refractivity (Wildman–Crippen MR) is 93.5 cm³/mol. The number of halogens is 1. The lowest BCUT2D eigenvalue weighted by molar-refractivity contribution is -0.0826. The van der Waals surface area contributed by atoms with Crippen LogP contribution in [0, 0.1) is 12.7 Å². The van der Waals surface area contributed by atoms with E-state index >= 15 is 0 Å². The van der Waals surface area contributed by atoms with E-state index in [-0.39, 0.29) is 24.2 Å². The van der Waals surface area contributed by atoms with E-state index in [1.54, 1.807) is 36.5 Å². The summed E-state index contributed by atoms with van der Waals surface area (Å²) < 4.78 is 24.5. The van der Waals surface area contributed by atoms with Gasteiger partial charge in [-0.05, 0) is 49.6 Å². The molecule has 0 spiro atoms. The van der Waals surface area contributed by atoms with Gasteiger partial charge in [0.15, 0.2) is 0 Å². The number of aromatic nitrogens is 2. The first kappa shape index (κ1) is 18.3. The van der Waals surface area contributed by atoms with Crippen LogP contribution < -0.4 is 4.74 Å². The minimum atomic E-state index is -0.618. The molecule has 1 amide bonds. The van der Waals surface area contributed by atoms with Crippen LogP contribution in [-0.4, -0.2) is 53.2 Å². The first-order valence-electron chi connectivity index (χ1n) is 8.53. The molecule has 2 aromatic rings. The van der Waals surface area contributed by atoms with Crippen molar-refractivity contribution in [3.05, 3.63) is 53.9 Å². The van der Waals surface area contributed by atoms with Gasteiger partial charge in [0, 0.05) is 26.0 Å². The van der Waals surface area contributed by atoms with Gasteiger partial charge < -0.3 is 14.4 Å². The van der Waals surface area contributed by atoms with Crippen LogP contribution in [0.2, 0.25) is 0 Å². The quantitative estimate of drug-likeness (QED) is 0.821. The van der Waals surface area contributed by atoms with Gasteiger partial charge in [-0.15, -0.1) is 0 Å². The van der Waals surface area contributed by atoms with E-state index in [1.807, 2.05) is 6.92 Å². The molecule has 0 radical (unpaired) electrons. The zero-order valence-corrected chi connectivity index (χ0v) is 14.9. The first-order valence-corrected chi connectivity index (χ1v) is 8.53. The lowest BCUT2D eigenvalue weighted by Gasteiger charge is -2.41. The number of hydrogen-bond donors (Lipinski definition) is 0. The molecule has 1 aliphatic heterocycles. The summed E-state index contributed by atoms with van der Waals surface area (Å²) in [5.74, 6) is 0.217. The van der Waals surface area contributed by atoms with Gasteiger partial charge in [-0.3, -0.25) is 4.79 Å². The zero-order chi connectivity index (χ0) is 18.6. The van der Waals surface area contributed by atoms with E-state index in [2.05, 4.69) is 9.97 Å². The monoisotopic (exact) mass is 359 g/mol. The number of hydrogen-bond acceptors (Lipinski definition) is 5. The number of carbonyl (C=O) groups is 1. The largest absolute Gasteiger partial charge is 0.491 e. The third kappa shape index (κ3) is 4.16. The van der Waals surface area contributed by atoms with Gasteiger partial charge in [0.05, 0.1) is 6.54 Å². The van der Waals surface area contributed by atoms with Crippen LogP contribution in [0.15, 0.2) is 36.7 Å². The van der Waals surface area contributed by atoms with Crippen LogP contribution in [0.25, 0.3) is 0 Å². The summed E-state index contributed by atoms with van der Waals surface area (Å²) in [7, 11) is 1.62. The van der Waals surface area contributed by atoms with Crippen molar-refractivity contribution in [3.8, 4) is 5.75 Å². The lowest BCUT2D eigenvalue weighted by atomic mass is 9.93. The summed E-state index contributed by atoms with van der Waals surface area (Å²) in [6.45, 7) is 3.16. The molecule has 6 nitrogen and oxygen atoms in total. The van der Waals surface area contributed by atoms with Crippen molar-refractivity contribution in [2.24, 2.45) is 0 Å². The van der Waals surface area contributed by atoms with Crippen LogP contribution >= 0.6 is 0 Å². The zero-order valence-electron chi connectivity index (χ0n) is 14.9. The Morgan fingerprint density at radius 3 is 2.62 bits per heavy atom. The average molecular weight is 359 g/mol. The molecule has 1 atom stereocenters. The highest BCUT2D eigenvalue weighted by molar-refractivity contribution is 5.90. The van der Waals surface area contributed by atoms with Gasteiger partial charge in [-0.1, -0.05) is 0 Å². The Balaban J connectivity index is 1.68. The van der Waals surface area contributed by atoms with Crippen molar-refractivity contribution in [1.29, 1.82) is 0 Å². The summed E-state index contributed by atoms with van der Waals surface area (Å²) in [6, 6.07) is 5.84. The first-order chi connectivity index (χ1) is 12.5. The number of nitrogens with zero attached hydrogens (tertiary/aromatic N) is 3. The fourth-order valence-electron chi connectivity index (χ4n) is 3.00. The molecule has 2 heterocycles. The van der Waals surface area contributed by atoms with Crippen LogP contribution in [0.5, 0.6) is 5.75 Å². The smallest absolute Gasteiger partial charge is 0.291 e. The van der Waals surface area contributed by atoms with Crippen molar-refractivity contribution in [2.45, 2.75) is 25.4 Å². The molecule has 0 aliphatic carbocycles. The van der Waals surface area contributed by atoms with Crippen molar-refractivity contribution >= 4 is 5.91 Å². The van der Waals surface area contributed by atoms with Crippen molar-refractivity contribution in [2.75, 3.05) is 26.8 Å². The highest BCUT2D eigenvalue weighted by atomic mass is 19.1. The number of amides is 1. The number of likely N-dealkylation sites (tertiary alicyclic amines) is 1. The van der Waals surface area contributed by atoms with E-state index < -0.39 is 5.60 Å². The molecule has 138 valence electrons. The number of piperidine rings is 1. The molecule has 0 N–H and O–H groups in total. The SMILES string of the molecule is COC1(COc2ccc(F)cc2)CCCN(C(=O)c2ncc(C)cn2)C1. The maximum atomic E-state index is 13.0. The summed E-state index contributed by atoms with van der Waals surface area (Å²) in [5.41, 5.74) is 0.284. The minimum absolute atomic E-state index is 0.182. The lowest BCUT2D eigenvalue weighted by Crippen LogP contribution is -2.54. The molecule has 7 heteroatoms. The van der Waals surface area contributed by atoms with E-state index in [4.69, 9.17) is 9.47 Å². The van der Waals surface area contributed by atoms with Gasteiger partial charge >= 0.3 is 0 Å². The minimum Gasteiger partial charge on any atom is -0.491 e. The predicted octanol–water partition coefficient (Wildman–Crippen LogP) is 2.62. The Labute approximate surface area is 152 Å². The molecular weight excluding hydrogens is 337 g/mol. The van der Waals surface area contributed by atoms with Crippen molar-refractivity contribution in [3.63, 3.8) is 0 Å². The summed E-state index contributed by atoms with van der Waals surface area (Å²) in [4.78, 5) is 22.6. The molecule has 0 saturated carbocycles. The van der Waals surface area contributed by atoms with Gasteiger partial charge in [-0.25, -0.2) is 14.4 Å². The van der Waals surface area contributed by atoms with E-state index in [0.717, 1.165) is 18.4 Å². The highest BCUT2D eigenvalue weighted by Gasteiger charge is 2.39. The standard InChI is InChI=1S/C19H22FN3O3/c1-14-10-21-17(22-11-14)18(24)23-9-3-8-19(12-23,25-2)13-26-16-6-4-15(20)5-7-16/h4-7,10-11H,3,8-9,12-13H2,1-2H3. The number of aryl methyl sites for hydroxylation is 1. The molecular formula is C19H22FN3O3. The van der Waals surface area contributed by atoms with E-state index in [0.29, 0.717) is 18.8 Å². The van der Waals surface area contributed by atoms with E-state index in [9.17, 15) is 9.18 Å². The number of carbonyl (C=O) groups excluding carboxylic acids is 1. The Hall–Kier alpha value is -2.54. The van der Waals surface area contributed by atoms with Gasteiger partial charge in [0.2, 0.25) is 5.82 Å². The summed E-state index contributed by atoms with van der Waals surface area (Å²) in [5, 5.41) is 0. The van der Waals surface area contributed by atoms with Gasteiger partial charge in [-0.2, -0.15) is 0 Å². The number of ether oxygens (including phenoxy) is 2. The number of methoxy groups -OCH3 is 1. The Morgan fingerprint density at radius 1 is 1.27 bits per heavy atom. The van der Waals surface area contributed by atoms with Crippen LogP contribution in [0.4, 0.5) is 4.39 Å². The molecule has 1 unspecified atom stereocenters. The van der Waals surface area contributed by atoms with E-state index in [1.165, 1.54) is 12.1 Å². The molecule has 3 rings (SSSR count). The second-order valence-electron chi connectivity index (χ2n) is 6.54. The maximum Gasteiger partial charge on any atom is 0.291 e. The highest BCUT2D eigenvalue weighted by Crippen LogP contribution is 2.27. The van der Waals surface area contributed by atoms with Crippen LogP contribution in [0.3, 0.4) is 0 Å². The molecule has 1 saturated heterocycles. The Bertz CT molecular complexity index is 752. The second-order valence-corrected chi connectivity index (χ2v) is 6.54. The third-order valence-electron chi connectivity index (χ3n) is 4.55. The van der Waals surface area contributed by atoms with Crippen LogP contribution in [0.1, 0.15) is 29.0 Å². The average Bonchev–Trinajstić information content (AvgIpc) is 2.68. The second kappa shape index (κ2) is 7.78. The fourth-order valence-corrected chi connectivity index (χ4v) is 3.00. The third-order valence-corrected chi connectivity index (χ3v) is 4.55. The summed E-state index contributed by atoms with van der Waals surface area (Å²) in [6.07, 6.45) is 4.82. The molecule has 1 aromatic carbocycles. The maximum absolute atomic E-state index is 13.0. The number of rotatable bonds is 5. The Kier molecular flexibility index (Phi) is 5.46. The van der Waals surface area contributed by atoms with Gasteiger partial charge in [0.25, 0.3) is 5.91 Å². The normalized spacial score (nSPS) is 20.0. The molecule has 1 aromatic heterocycles. The molecule has 1 aliphatic rings. The number of benzene rings is 1. The fraction of sp³-hybridized carbons (Fsp3) is 0.421. The van der Waals surface area contributed by atoms with Crippen molar-refractivity contribution < 1.29 is 18.7 Å². The molecule has 1 fully saturated rings. The molecule has 26 heavy (non-hydrogen) atoms. The molecule has 0 bridgehead atoms. The van der Waals surface area contributed by atoms with Gasteiger partial charge in [0.1, 0.15) is 23.8 Å². The Morgan fingerprint density at radius 2 is 1.96 bits per heavy atom. The van der Waals surface area contributed by atoms with Crippen LogP contribution in [-0.2, 0) is 4.74 Å². The summed E-state index contributed by atoms with van der Waals surface area (Å²) >= 11 is 0. The topological polar surface area (TPSA) is 64.6 Å².